The summed E-state index contributed by atoms with van der Waals surface area (Å²) in [5, 5.41) is 3.60. The monoisotopic (exact) mass is 238 g/mol. The van der Waals surface area contributed by atoms with Crippen molar-refractivity contribution in [2.45, 2.75) is 70.9 Å². The lowest BCUT2D eigenvalue weighted by atomic mass is 9.82. The molecular weight excluding hydrogens is 208 g/mol. The summed E-state index contributed by atoms with van der Waals surface area (Å²) in [5.41, 5.74) is 0.533. The molecule has 1 saturated carbocycles. The summed E-state index contributed by atoms with van der Waals surface area (Å²) in [6.45, 7) is 10.9. The normalized spacial score (nSPS) is 30.0. The first-order valence-corrected chi connectivity index (χ1v) is 7.58. The molecule has 1 heterocycles. The number of likely N-dealkylation sites (tertiary alicyclic amines) is 1. The van der Waals surface area contributed by atoms with Crippen LogP contribution in [0.1, 0.15) is 59.3 Å². The van der Waals surface area contributed by atoms with Crippen molar-refractivity contribution in [2.75, 3.05) is 19.6 Å². The Bertz CT molecular complexity index is 231. The molecule has 2 aliphatic rings. The van der Waals surface area contributed by atoms with Crippen molar-refractivity contribution in [1.29, 1.82) is 0 Å². The average Bonchev–Trinajstić information content (AvgIpc) is 2.76. The van der Waals surface area contributed by atoms with Crippen LogP contribution in [-0.4, -0.2) is 36.1 Å². The molecule has 17 heavy (non-hydrogen) atoms. The van der Waals surface area contributed by atoms with Crippen LogP contribution in [0.2, 0.25) is 0 Å². The van der Waals surface area contributed by atoms with E-state index in [9.17, 15) is 0 Å². The third-order valence-electron chi connectivity index (χ3n) is 4.79. The average molecular weight is 238 g/mol. The molecule has 2 fully saturated rings. The van der Waals surface area contributed by atoms with Gasteiger partial charge in [-0.15, -0.1) is 0 Å². The molecule has 1 aliphatic heterocycles. The first-order chi connectivity index (χ1) is 8.10. The number of nitrogens with one attached hydrogen (secondary N) is 1. The van der Waals surface area contributed by atoms with Gasteiger partial charge in [0.1, 0.15) is 0 Å². The molecule has 0 aromatic heterocycles. The second-order valence-electron chi connectivity index (χ2n) is 6.72. The highest BCUT2D eigenvalue weighted by molar-refractivity contribution is 4.93. The maximum Gasteiger partial charge on any atom is 0.0181 e. The van der Waals surface area contributed by atoms with E-state index in [0.717, 1.165) is 5.92 Å². The minimum Gasteiger partial charge on any atom is -0.314 e. The molecule has 2 rings (SSSR count). The Hall–Kier alpha value is -0.0800. The van der Waals surface area contributed by atoms with Crippen LogP contribution in [0.5, 0.6) is 0 Å². The Labute approximate surface area is 107 Å². The third kappa shape index (κ3) is 3.45. The highest BCUT2D eigenvalue weighted by Crippen LogP contribution is 2.36. The van der Waals surface area contributed by atoms with Gasteiger partial charge < -0.3 is 5.32 Å². The van der Waals surface area contributed by atoms with E-state index in [1.807, 2.05) is 0 Å². The Balaban J connectivity index is 1.80. The molecule has 1 atom stereocenters. The predicted molar refractivity (Wildman–Crippen MR) is 74.3 cm³/mol. The lowest BCUT2D eigenvalue weighted by Crippen LogP contribution is -2.46. The maximum absolute atomic E-state index is 3.60. The summed E-state index contributed by atoms with van der Waals surface area (Å²) < 4.78 is 0. The van der Waals surface area contributed by atoms with Crippen LogP contribution < -0.4 is 5.32 Å². The summed E-state index contributed by atoms with van der Waals surface area (Å²) >= 11 is 0. The molecule has 2 heteroatoms. The van der Waals surface area contributed by atoms with Gasteiger partial charge in [0, 0.05) is 18.1 Å². The first-order valence-electron chi connectivity index (χ1n) is 7.58. The van der Waals surface area contributed by atoms with Gasteiger partial charge in [-0.05, 0) is 45.2 Å². The van der Waals surface area contributed by atoms with Crippen LogP contribution in [0.4, 0.5) is 0 Å². The SMILES string of the molecule is CC(C)NCC1CCN(C2(C)CCCCC2)C1. The van der Waals surface area contributed by atoms with E-state index in [1.54, 1.807) is 0 Å². The largest absolute Gasteiger partial charge is 0.314 e. The third-order valence-corrected chi connectivity index (χ3v) is 4.79. The van der Waals surface area contributed by atoms with Crippen molar-refractivity contribution in [2.24, 2.45) is 5.92 Å². The molecule has 0 amide bonds. The van der Waals surface area contributed by atoms with Gasteiger partial charge in [-0.3, -0.25) is 4.90 Å². The van der Waals surface area contributed by atoms with Crippen molar-refractivity contribution in [1.82, 2.24) is 10.2 Å². The predicted octanol–water partition coefficient (Wildman–Crippen LogP) is 3.03. The molecule has 2 nitrogen and oxygen atoms in total. The van der Waals surface area contributed by atoms with Gasteiger partial charge in [-0.2, -0.15) is 0 Å². The Morgan fingerprint density at radius 2 is 1.94 bits per heavy atom. The smallest absolute Gasteiger partial charge is 0.0181 e. The molecule has 1 N–H and O–H groups in total. The van der Waals surface area contributed by atoms with Crippen LogP contribution >= 0.6 is 0 Å². The molecule has 1 unspecified atom stereocenters. The number of hydrogen-bond acceptors (Lipinski definition) is 2. The molecule has 0 bridgehead atoms. The molecule has 0 spiro atoms. The van der Waals surface area contributed by atoms with E-state index < -0.39 is 0 Å². The summed E-state index contributed by atoms with van der Waals surface area (Å²) in [6, 6.07) is 0.634. The van der Waals surface area contributed by atoms with Gasteiger partial charge in [0.2, 0.25) is 0 Å². The van der Waals surface area contributed by atoms with E-state index in [-0.39, 0.29) is 0 Å². The maximum atomic E-state index is 3.60. The number of hydrogen-bond donors (Lipinski definition) is 1. The van der Waals surface area contributed by atoms with Crippen molar-refractivity contribution >= 4 is 0 Å². The summed E-state index contributed by atoms with van der Waals surface area (Å²) in [5.74, 6) is 0.885. The molecule has 100 valence electrons. The fourth-order valence-electron chi connectivity index (χ4n) is 3.52. The lowest BCUT2D eigenvalue weighted by molar-refractivity contribution is 0.0868. The fraction of sp³-hybridized carbons (Fsp3) is 1.00. The zero-order valence-corrected chi connectivity index (χ0v) is 12.0. The van der Waals surface area contributed by atoms with Crippen molar-refractivity contribution in [3.05, 3.63) is 0 Å². The minimum atomic E-state index is 0.533. The highest BCUT2D eigenvalue weighted by atomic mass is 15.2. The number of nitrogens with zero attached hydrogens (tertiary/aromatic N) is 1. The van der Waals surface area contributed by atoms with Crippen molar-refractivity contribution in [3.8, 4) is 0 Å². The summed E-state index contributed by atoms with van der Waals surface area (Å²) in [6.07, 6.45) is 8.61. The second kappa shape index (κ2) is 5.71. The van der Waals surface area contributed by atoms with Crippen LogP contribution in [0.15, 0.2) is 0 Å². The minimum absolute atomic E-state index is 0.533. The van der Waals surface area contributed by atoms with Crippen molar-refractivity contribution < 1.29 is 0 Å². The fourth-order valence-corrected chi connectivity index (χ4v) is 3.52. The molecule has 1 saturated heterocycles. The van der Waals surface area contributed by atoms with Gasteiger partial charge >= 0.3 is 0 Å². The summed E-state index contributed by atoms with van der Waals surface area (Å²) in [4.78, 5) is 2.79. The second-order valence-corrected chi connectivity index (χ2v) is 6.72. The van der Waals surface area contributed by atoms with E-state index >= 15 is 0 Å². The van der Waals surface area contributed by atoms with Gasteiger partial charge in [-0.25, -0.2) is 0 Å². The van der Waals surface area contributed by atoms with Gasteiger partial charge in [0.25, 0.3) is 0 Å². The van der Waals surface area contributed by atoms with E-state index in [0.29, 0.717) is 11.6 Å². The topological polar surface area (TPSA) is 15.3 Å². The number of rotatable bonds is 4. The zero-order chi connectivity index (χ0) is 12.3. The molecule has 0 aromatic rings. The Morgan fingerprint density at radius 1 is 1.24 bits per heavy atom. The molecule has 0 aromatic carbocycles. The van der Waals surface area contributed by atoms with Crippen LogP contribution in [0.3, 0.4) is 0 Å². The van der Waals surface area contributed by atoms with Crippen molar-refractivity contribution in [3.63, 3.8) is 0 Å². The standard InChI is InChI=1S/C15H30N2/c1-13(2)16-11-14-7-10-17(12-14)15(3)8-5-4-6-9-15/h13-14,16H,4-12H2,1-3H3. The summed E-state index contributed by atoms with van der Waals surface area (Å²) in [7, 11) is 0. The van der Waals surface area contributed by atoms with Gasteiger partial charge in [0.15, 0.2) is 0 Å². The molecular formula is C15H30N2. The quantitative estimate of drug-likeness (QED) is 0.810. The van der Waals surface area contributed by atoms with E-state index in [2.05, 4.69) is 31.0 Å². The lowest BCUT2D eigenvalue weighted by Gasteiger charge is -2.42. The van der Waals surface area contributed by atoms with Gasteiger partial charge in [-0.1, -0.05) is 33.1 Å². The Kier molecular flexibility index (Phi) is 4.48. The first kappa shape index (κ1) is 13.4. The van der Waals surface area contributed by atoms with E-state index in [4.69, 9.17) is 0 Å². The van der Waals surface area contributed by atoms with Crippen LogP contribution in [0, 0.1) is 5.92 Å². The highest BCUT2D eigenvalue weighted by Gasteiger charge is 2.37. The molecule has 1 aliphatic carbocycles. The van der Waals surface area contributed by atoms with Crippen LogP contribution in [0.25, 0.3) is 0 Å². The van der Waals surface area contributed by atoms with E-state index in [1.165, 1.54) is 58.2 Å². The molecule has 0 radical (unpaired) electrons. The van der Waals surface area contributed by atoms with Gasteiger partial charge in [0.05, 0.1) is 0 Å². The van der Waals surface area contributed by atoms with Crippen LogP contribution in [-0.2, 0) is 0 Å². The Morgan fingerprint density at radius 3 is 2.59 bits per heavy atom. The zero-order valence-electron chi connectivity index (χ0n) is 12.0.